The maximum atomic E-state index is 6.15. The number of rotatable bonds is 6. The van der Waals surface area contributed by atoms with Gasteiger partial charge in [0.25, 0.3) is 0 Å². The Hall–Kier alpha value is -1.52. The standard InChI is InChI=1S/C16H20ClN3S/c1-2-18-16(19-10-9-14-7-5-11-21-14)20-12-13-6-3-4-8-15(13)17/h3-8,11H,2,9-10,12H2,1H3,(H2,18,19,20). The predicted octanol–water partition coefficient (Wildman–Crippen LogP) is 3.70. The zero-order valence-electron chi connectivity index (χ0n) is 12.1. The number of aliphatic imine (C=N–C) groups is 1. The number of hydrogen-bond acceptors (Lipinski definition) is 2. The van der Waals surface area contributed by atoms with Gasteiger partial charge in [-0.25, -0.2) is 4.99 Å². The smallest absolute Gasteiger partial charge is 0.191 e. The Morgan fingerprint density at radius 3 is 2.76 bits per heavy atom. The summed E-state index contributed by atoms with van der Waals surface area (Å²) in [6, 6.07) is 12.0. The monoisotopic (exact) mass is 321 g/mol. The molecule has 0 spiro atoms. The van der Waals surface area contributed by atoms with Gasteiger partial charge >= 0.3 is 0 Å². The molecule has 2 N–H and O–H groups in total. The maximum Gasteiger partial charge on any atom is 0.191 e. The first kappa shape index (κ1) is 15.9. The first-order chi connectivity index (χ1) is 10.3. The second kappa shape index (κ2) is 8.70. The minimum Gasteiger partial charge on any atom is -0.357 e. The Morgan fingerprint density at radius 2 is 2.05 bits per heavy atom. The van der Waals surface area contributed by atoms with Gasteiger partial charge in [0.2, 0.25) is 0 Å². The van der Waals surface area contributed by atoms with Crippen molar-refractivity contribution in [3.05, 3.63) is 57.2 Å². The molecular formula is C16H20ClN3S. The summed E-state index contributed by atoms with van der Waals surface area (Å²) in [5, 5.41) is 9.47. The van der Waals surface area contributed by atoms with Crippen LogP contribution in [0.3, 0.4) is 0 Å². The van der Waals surface area contributed by atoms with Crippen molar-refractivity contribution in [3.63, 3.8) is 0 Å². The van der Waals surface area contributed by atoms with E-state index in [0.717, 1.165) is 36.1 Å². The Labute approximate surface area is 135 Å². The van der Waals surface area contributed by atoms with E-state index in [-0.39, 0.29) is 0 Å². The van der Waals surface area contributed by atoms with E-state index < -0.39 is 0 Å². The van der Waals surface area contributed by atoms with Gasteiger partial charge in [-0.2, -0.15) is 0 Å². The molecule has 0 aliphatic carbocycles. The van der Waals surface area contributed by atoms with Gasteiger partial charge in [-0.3, -0.25) is 0 Å². The number of nitrogens with one attached hydrogen (secondary N) is 2. The molecule has 0 saturated heterocycles. The highest BCUT2D eigenvalue weighted by Crippen LogP contribution is 2.15. The molecule has 0 fully saturated rings. The summed E-state index contributed by atoms with van der Waals surface area (Å²) >= 11 is 7.93. The summed E-state index contributed by atoms with van der Waals surface area (Å²) in [5.41, 5.74) is 1.04. The molecule has 0 bridgehead atoms. The molecule has 21 heavy (non-hydrogen) atoms. The van der Waals surface area contributed by atoms with Crippen molar-refractivity contribution in [2.45, 2.75) is 19.9 Å². The summed E-state index contributed by atoms with van der Waals surface area (Å²) in [6.07, 6.45) is 1.01. The zero-order valence-corrected chi connectivity index (χ0v) is 13.7. The van der Waals surface area contributed by atoms with Crippen LogP contribution < -0.4 is 10.6 Å². The van der Waals surface area contributed by atoms with Crippen LogP contribution >= 0.6 is 22.9 Å². The molecule has 0 atom stereocenters. The molecule has 0 aliphatic heterocycles. The van der Waals surface area contributed by atoms with Crippen molar-refractivity contribution >= 4 is 28.9 Å². The largest absolute Gasteiger partial charge is 0.357 e. The molecular weight excluding hydrogens is 302 g/mol. The fraction of sp³-hybridized carbons (Fsp3) is 0.312. The highest BCUT2D eigenvalue weighted by Gasteiger charge is 2.01. The van der Waals surface area contributed by atoms with Crippen LogP contribution in [0.25, 0.3) is 0 Å². The average Bonchev–Trinajstić information content (AvgIpc) is 2.99. The second-order valence-electron chi connectivity index (χ2n) is 4.54. The van der Waals surface area contributed by atoms with Crippen molar-refractivity contribution in [1.29, 1.82) is 0 Å². The lowest BCUT2D eigenvalue weighted by atomic mass is 10.2. The predicted molar refractivity (Wildman–Crippen MR) is 92.3 cm³/mol. The summed E-state index contributed by atoms with van der Waals surface area (Å²) in [7, 11) is 0. The summed E-state index contributed by atoms with van der Waals surface area (Å²) < 4.78 is 0. The van der Waals surface area contributed by atoms with E-state index in [9.17, 15) is 0 Å². The van der Waals surface area contributed by atoms with Crippen molar-refractivity contribution in [2.75, 3.05) is 13.1 Å². The average molecular weight is 322 g/mol. The summed E-state index contributed by atoms with van der Waals surface area (Å²) in [6.45, 7) is 4.35. The van der Waals surface area contributed by atoms with E-state index >= 15 is 0 Å². The first-order valence-corrected chi connectivity index (χ1v) is 8.33. The molecule has 2 rings (SSSR count). The number of halogens is 1. The normalized spacial score (nSPS) is 11.4. The van der Waals surface area contributed by atoms with Gasteiger partial charge < -0.3 is 10.6 Å². The van der Waals surface area contributed by atoms with Crippen LogP contribution in [0.15, 0.2) is 46.8 Å². The molecule has 0 unspecified atom stereocenters. The van der Waals surface area contributed by atoms with Crippen LogP contribution in [-0.2, 0) is 13.0 Å². The van der Waals surface area contributed by atoms with Crippen molar-refractivity contribution < 1.29 is 0 Å². The fourth-order valence-electron chi connectivity index (χ4n) is 1.89. The topological polar surface area (TPSA) is 36.4 Å². The van der Waals surface area contributed by atoms with Gasteiger partial charge in [0, 0.05) is 23.0 Å². The van der Waals surface area contributed by atoms with Crippen LogP contribution in [0.2, 0.25) is 5.02 Å². The molecule has 1 aromatic carbocycles. The lowest BCUT2D eigenvalue weighted by Gasteiger charge is -2.11. The quantitative estimate of drug-likeness (QED) is 0.628. The van der Waals surface area contributed by atoms with Crippen LogP contribution in [0.1, 0.15) is 17.4 Å². The van der Waals surface area contributed by atoms with E-state index in [0.29, 0.717) is 6.54 Å². The maximum absolute atomic E-state index is 6.15. The first-order valence-electron chi connectivity index (χ1n) is 7.07. The van der Waals surface area contributed by atoms with Crippen LogP contribution in [0.4, 0.5) is 0 Å². The van der Waals surface area contributed by atoms with Gasteiger partial charge in [-0.1, -0.05) is 35.9 Å². The van der Waals surface area contributed by atoms with Gasteiger partial charge in [-0.15, -0.1) is 11.3 Å². The Bertz CT molecular complexity index is 567. The molecule has 0 aliphatic rings. The number of guanidine groups is 1. The van der Waals surface area contributed by atoms with Crippen molar-refractivity contribution in [1.82, 2.24) is 10.6 Å². The van der Waals surface area contributed by atoms with Crippen LogP contribution in [0, 0.1) is 0 Å². The Balaban J connectivity index is 1.88. The fourth-order valence-corrected chi connectivity index (χ4v) is 2.80. The van der Waals surface area contributed by atoms with Crippen molar-refractivity contribution in [2.24, 2.45) is 4.99 Å². The van der Waals surface area contributed by atoms with Crippen LogP contribution in [0.5, 0.6) is 0 Å². The number of nitrogens with zero attached hydrogens (tertiary/aromatic N) is 1. The minimum absolute atomic E-state index is 0.577. The number of benzene rings is 1. The third-order valence-corrected chi connectivity index (χ3v) is 4.26. The molecule has 0 amide bonds. The van der Waals surface area contributed by atoms with Gasteiger partial charge in [-0.05, 0) is 36.4 Å². The SMILES string of the molecule is CCNC(=NCc1ccccc1Cl)NCCc1cccs1. The molecule has 3 nitrogen and oxygen atoms in total. The van der Waals surface area contributed by atoms with Crippen LogP contribution in [-0.4, -0.2) is 19.0 Å². The summed E-state index contributed by atoms with van der Waals surface area (Å²) in [4.78, 5) is 5.96. The van der Waals surface area contributed by atoms with E-state index in [1.54, 1.807) is 11.3 Å². The van der Waals surface area contributed by atoms with Gasteiger partial charge in [0.1, 0.15) is 0 Å². The Morgan fingerprint density at radius 1 is 1.19 bits per heavy atom. The van der Waals surface area contributed by atoms with Crippen molar-refractivity contribution in [3.8, 4) is 0 Å². The minimum atomic E-state index is 0.577. The second-order valence-corrected chi connectivity index (χ2v) is 5.98. The molecule has 1 aromatic heterocycles. The summed E-state index contributed by atoms with van der Waals surface area (Å²) in [5.74, 6) is 0.828. The molecule has 2 aromatic rings. The van der Waals surface area contributed by atoms with E-state index in [1.807, 2.05) is 24.3 Å². The van der Waals surface area contributed by atoms with Gasteiger partial charge in [0.15, 0.2) is 5.96 Å². The molecule has 112 valence electrons. The third-order valence-electron chi connectivity index (χ3n) is 2.95. The molecule has 0 radical (unpaired) electrons. The van der Waals surface area contributed by atoms with E-state index in [2.05, 4.69) is 40.1 Å². The number of thiophene rings is 1. The highest BCUT2D eigenvalue weighted by molar-refractivity contribution is 7.09. The zero-order chi connectivity index (χ0) is 14.9. The lowest BCUT2D eigenvalue weighted by molar-refractivity contribution is 0.804. The third kappa shape index (κ3) is 5.40. The number of hydrogen-bond donors (Lipinski definition) is 2. The van der Waals surface area contributed by atoms with Gasteiger partial charge in [0.05, 0.1) is 6.54 Å². The molecule has 0 saturated carbocycles. The molecule has 5 heteroatoms. The highest BCUT2D eigenvalue weighted by atomic mass is 35.5. The Kier molecular flexibility index (Phi) is 6.57. The molecule has 1 heterocycles. The lowest BCUT2D eigenvalue weighted by Crippen LogP contribution is -2.38. The van der Waals surface area contributed by atoms with E-state index in [4.69, 9.17) is 11.6 Å². The van der Waals surface area contributed by atoms with E-state index in [1.165, 1.54) is 4.88 Å².